The van der Waals surface area contributed by atoms with Crippen LogP contribution in [0, 0.1) is 5.92 Å². The van der Waals surface area contributed by atoms with Crippen LogP contribution in [0.4, 0.5) is 4.79 Å². The van der Waals surface area contributed by atoms with Gasteiger partial charge in [0, 0.05) is 23.5 Å². The number of carbonyl (C=O) groups excluding carboxylic acids is 3. The molecule has 0 saturated heterocycles. The number of carbonyl (C=O) groups is 3. The van der Waals surface area contributed by atoms with Crippen LogP contribution in [-0.4, -0.2) is 41.0 Å². The Hall–Kier alpha value is -2.83. The third kappa shape index (κ3) is 6.34. The van der Waals surface area contributed by atoms with Crippen LogP contribution in [-0.2, 0) is 20.7 Å². The van der Waals surface area contributed by atoms with Gasteiger partial charge in [-0.3, -0.25) is 4.79 Å². The molecule has 0 unspecified atom stereocenters. The number of para-hydroxylation sites is 1. The monoisotopic (exact) mass is 401 g/mol. The average Bonchev–Trinajstić information content (AvgIpc) is 3.06. The molecule has 0 radical (unpaired) electrons. The molecule has 3 atom stereocenters. The lowest BCUT2D eigenvalue weighted by Crippen LogP contribution is -2.54. The highest BCUT2D eigenvalue weighted by atomic mass is 16.6. The van der Waals surface area contributed by atoms with E-state index in [0.29, 0.717) is 12.8 Å². The summed E-state index contributed by atoms with van der Waals surface area (Å²) in [6.45, 7) is 9.08. The molecule has 2 rings (SSSR count). The summed E-state index contributed by atoms with van der Waals surface area (Å²) in [4.78, 5) is 39.8. The van der Waals surface area contributed by atoms with E-state index in [9.17, 15) is 14.4 Å². The van der Waals surface area contributed by atoms with Gasteiger partial charge in [0.15, 0.2) is 0 Å². The first-order valence-corrected chi connectivity index (χ1v) is 9.94. The number of amides is 2. The van der Waals surface area contributed by atoms with E-state index in [0.717, 1.165) is 22.8 Å². The van der Waals surface area contributed by atoms with Gasteiger partial charge in [-0.05, 0) is 38.3 Å². The number of ether oxygens (including phenoxy) is 1. The molecule has 2 aromatic rings. The van der Waals surface area contributed by atoms with Gasteiger partial charge in [-0.15, -0.1) is 0 Å². The Labute approximate surface area is 171 Å². The molecule has 0 aliphatic heterocycles. The van der Waals surface area contributed by atoms with E-state index in [1.54, 1.807) is 20.8 Å². The molecule has 0 fully saturated rings. The van der Waals surface area contributed by atoms with Crippen LogP contribution in [0.3, 0.4) is 0 Å². The summed E-state index contributed by atoms with van der Waals surface area (Å²) in [6.07, 6.45) is 2.96. The lowest BCUT2D eigenvalue weighted by molar-refractivity contribution is -0.126. The van der Waals surface area contributed by atoms with Gasteiger partial charge in [0.2, 0.25) is 5.91 Å². The number of benzene rings is 1. The highest BCUT2D eigenvalue weighted by Crippen LogP contribution is 2.19. The largest absolute Gasteiger partial charge is 0.444 e. The van der Waals surface area contributed by atoms with E-state index in [2.05, 4.69) is 15.6 Å². The summed E-state index contributed by atoms with van der Waals surface area (Å²) in [5, 5.41) is 6.42. The van der Waals surface area contributed by atoms with Crippen molar-refractivity contribution in [3.8, 4) is 0 Å². The standard InChI is InChI=1S/C22H31N3O4/c1-6-14(2)19(25-21(28)29-22(3,4)5)20(27)24-16(13-26)11-15-12-23-18-10-8-7-9-17(15)18/h7-10,12-14,16,19,23H,6,11H2,1-5H3,(H,24,27)(H,25,28)/t14-,16-,19-/m0/s1. The molecular formula is C22H31N3O4. The van der Waals surface area contributed by atoms with Crippen LogP contribution >= 0.6 is 0 Å². The van der Waals surface area contributed by atoms with Gasteiger partial charge in [0.05, 0.1) is 6.04 Å². The molecule has 1 heterocycles. The zero-order valence-electron chi connectivity index (χ0n) is 17.7. The van der Waals surface area contributed by atoms with Crippen molar-refractivity contribution in [1.29, 1.82) is 0 Å². The molecule has 0 bridgehead atoms. The number of aromatic nitrogens is 1. The molecule has 1 aromatic carbocycles. The molecule has 0 aliphatic rings. The maximum Gasteiger partial charge on any atom is 0.408 e. The molecule has 0 aliphatic carbocycles. The van der Waals surface area contributed by atoms with Gasteiger partial charge < -0.3 is 25.1 Å². The number of aldehydes is 1. The van der Waals surface area contributed by atoms with Crippen molar-refractivity contribution in [3.63, 3.8) is 0 Å². The fraction of sp³-hybridized carbons (Fsp3) is 0.500. The second-order valence-electron chi connectivity index (χ2n) is 8.32. The van der Waals surface area contributed by atoms with Crippen molar-refractivity contribution in [2.75, 3.05) is 0 Å². The van der Waals surface area contributed by atoms with Crippen molar-refractivity contribution < 1.29 is 19.1 Å². The van der Waals surface area contributed by atoms with E-state index < -0.39 is 29.7 Å². The molecule has 7 heteroatoms. The summed E-state index contributed by atoms with van der Waals surface area (Å²) in [6, 6.07) is 6.29. The van der Waals surface area contributed by atoms with E-state index >= 15 is 0 Å². The third-order valence-corrected chi connectivity index (χ3v) is 4.77. The minimum Gasteiger partial charge on any atom is -0.444 e. The minimum absolute atomic E-state index is 0.122. The number of alkyl carbamates (subject to hydrolysis) is 1. The van der Waals surface area contributed by atoms with Crippen molar-refractivity contribution in [3.05, 3.63) is 36.0 Å². The Morgan fingerprint density at radius 1 is 1.21 bits per heavy atom. The van der Waals surface area contributed by atoms with Crippen LogP contribution in [0.1, 0.15) is 46.6 Å². The Balaban J connectivity index is 2.09. The van der Waals surface area contributed by atoms with Crippen LogP contribution in [0.25, 0.3) is 10.9 Å². The van der Waals surface area contributed by atoms with Crippen LogP contribution in [0.2, 0.25) is 0 Å². The van der Waals surface area contributed by atoms with Crippen molar-refractivity contribution in [2.45, 2.75) is 65.1 Å². The third-order valence-electron chi connectivity index (χ3n) is 4.77. The smallest absolute Gasteiger partial charge is 0.408 e. The maximum atomic E-state index is 12.9. The highest BCUT2D eigenvalue weighted by Gasteiger charge is 2.29. The Kier molecular flexibility index (Phi) is 7.42. The fourth-order valence-corrected chi connectivity index (χ4v) is 3.08. The normalized spacial score (nSPS) is 14.7. The predicted octanol–water partition coefficient (Wildman–Crippen LogP) is 3.33. The Bertz CT molecular complexity index is 853. The number of rotatable bonds is 8. The Morgan fingerprint density at radius 3 is 2.52 bits per heavy atom. The SMILES string of the molecule is CC[C@H](C)[C@H](NC(=O)OC(C)(C)C)C(=O)N[C@H](C=O)Cc1c[nH]c2ccccc12. The number of fused-ring (bicyclic) bond motifs is 1. The van der Waals surface area contributed by atoms with Gasteiger partial charge in [0.1, 0.15) is 17.9 Å². The van der Waals surface area contributed by atoms with Crippen molar-refractivity contribution in [2.24, 2.45) is 5.92 Å². The molecule has 158 valence electrons. The summed E-state index contributed by atoms with van der Waals surface area (Å²) in [7, 11) is 0. The molecule has 3 N–H and O–H groups in total. The van der Waals surface area contributed by atoms with Gasteiger partial charge in [0.25, 0.3) is 0 Å². The van der Waals surface area contributed by atoms with Crippen LogP contribution < -0.4 is 10.6 Å². The van der Waals surface area contributed by atoms with E-state index in [1.165, 1.54) is 0 Å². The Morgan fingerprint density at radius 2 is 1.90 bits per heavy atom. The predicted molar refractivity (Wildman–Crippen MR) is 113 cm³/mol. The molecule has 29 heavy (non-hydrogen) atoms. The fourth-order valence-electron chi connectivity index (χ4n) is 3.08. The maximum absolute atomic E-state index is 12.9. The number of hydrogen-bond donors (Lipinski definition) is 3. The quantitative estimate of drug-likeness (QED) is 0.591. The number of aromatic amines is 1. The van der Waals surface area contributed by atoms with Gasteiger partial charge in [-0.25, -0.2) is 4.79 Å². The number of nitrogens with one attached hydrogen (secondary N) is 3. The van der Waals surface area contributed by atoms with Crippen LogP contribution in [0.15, 0.2) is 30.5 Å². The van der Waals surface area contributed by atoms with Crippen molar-refractivity contribution in [1.82, 2.24) is 15.6 Å². The van der Waals surface area contributed by atoms with Gasteiger partial charge in [-0.1, -0.05) is 38.5 Å². The lowest BCUT2D eigenvalue weighted by Gasteiger charge is -2.27. The first-order valence-electron chi connectivity index (χ1n) is 9.94. The zero-order valence-corrected chi connectivity index (χ0v) is 17.7. The molecule has 0 spiro atoms. The molecular weight excluding hydrogens is 370 g/mol. The topological polar surface area (TPSA) is 100 Å². The van der Waals surface area contributed by atoms with Gasteiger partial charge in [-0.2, -0.15) is 0 Å². The zero-order chi connectivity index (χ0) is 21.6. The summed E-state index contributed by atoms with van der Waals surface area (Å²) in [5.74, 6) is -0.523. The summed E-state index contributed by atoms with van der Waals surface area (Å²) in [5.41, 5.74) is 1.25. The average molecular weight is 402 g/mol. The summed E-state index contributed by atoms with van der Waals surface area (Å²) < 4.78 is 5.27. The van der Waals surface area contributed by atoms with E-state index in [4.69, 9.17) is 4.74 Å². The highest BCUT2D eigenvalue weighted by molar-refractivity contribution is 5.88. The second kappa shape index (κ2) is 9.58. The molecule has 1 aromatic heterocycles. The van der Waals surface area contributed by atoms with Gasteiger partial charge >= 0.3 is 6.09 Å². The minimum atomic E-state index is -0.791. The second-order valence-corrected chi connectivity index (χ2v) is 8.32. The van der Waals surface area contributed by atoms with E-state index in [1.807, 2.05) is 44.3 Å². The number of H-pyrrole nitrogens is 1. The summed E-state index contributed by atoms with van der Waals surface area (Å²) >= 11 is 0. The van der Waals surface area contributed by atoms with Crippen LogP contribution in [0.5, 0.6) is 0 Å². The first-order chi connectivity index (χ1) is 13.6. The molecule has 0 saturated carbocycles. The molecule has 7 nitrogen and oxygen atoms in total. The van der Waals surface area contributed by atoms with Crippen molar-refractivity contribution >= 4 is 29.2 Å². The lowest BCUT2D eigenvalue weighted by atomic mass is 9.97. The first kappa shape index (κ1) is 22.5. The molecule has 2 amide bonds. The van der Waals surface area contributed by atoms with E-state index in [-0.39, 0.29) is 5.92 Å². The number of hydrogen-bond acceptors (Lipinski definition) is 4.